The Morgan fingerprint density at radius 3 is 2.45 bits per heavy atom. The number of hydrogen-bond acceptors (Lipinski definition) is 3. The third-order valence-corrected chi connectivity index (χ3v) is 4.31. The van der Waals surface area contributed by atoms with Crippen LogP contribution in [0.3, 0.4) is 0 Å². The normalized spacial score (nSPS) is 17.2. The Morgan fingerprint density at radius 2 is 1.85 bits per heavy atom. The lowest BCUT2D eigenvalue weighted by atomic mass is 10.1. The molecule has 1 atom stereocenters. The number of rotatable bonds is 3. The van der Waals surface area contributed by atoms with E-state index in [4.69, 9.17) is 0 Å². The number of nitrogens with one attached hydrogen (secondary N) is 1. The van der Waals surface area contributed by atoms with Gasteiger partial charge in [0.2, 0.25) is 5.91 Å². The van der Waals surface area contributed by atoms with E-state index in [-0.39, 0.29) is 11.9 Å². The largest absolute Gasteiger partial charge is 0.368 e. The molecule has 1 fully saturated rings. The van der Waals surface area contributed by atoms with Gasteiger partial charge in [0.25, 0.3) is 0 Å². The van der Waals surface area contributed by atoms with Crippen LogP contribution in [-0.4, -0.2) is 50.1 Å². The predicted octanol–water partition coefficient (Wildman–Crippen LogP) is 1.56. The van der Waals surface area contributed by atoms with Crippen molar-refractivity contribution in [1.82, 2.24) is 10.2 Å². The van der Waals surface area contributed by atoms with E-state index in [9.17, 15) is 4.79 Å². The first-order valence-corrected chi connectivity index (χ1v) is 7.31. The van der Waals surface area contributed by atoms with Crippen LogP contribution in [0, 0.1) is 13.8 Å². The van der Waals surface area contributed by atoms with Gasteiger partial charge < -0.3 is 15.1 Å². The van der Waals surface area contributed by atoms with Crippen LogP contribution in [0.5, 0.6) is 0 Å². The van der Waals surface area contributed by atoms with E-state index in [2.05, 4.69) is 42.3 Å². The third kappa shape index (κ3) is 2.96. The van der Waals surface area contributed by atoms with Gasteiger partial charge in [0.05, 0.1) is 6.04 Å². The van der Waals surface area contributed by atoms with Gasteiger partial charge in [-0.05, 0) is 45.0 Å². The smallest absolute Gasteiger partial charge is 0.239 e. The van der Waals surface area contributed by atoms with Crippen molar-refractivity contribution in [2.45, 2.75) is 26.8 Å². The zero-order chi connectivity index (χ0) is 14.7. The van der Waals surface area contributed by atoms with Crippen LogP contribution in [0.25, 0.3) is 0 Å². The van der Waals surface area contributed by atoms with Crippen LogP contribution < -0.4 is 10.2 Å². The van der Waals surface area contributed by atoms with Gasteiger partial charge in [-0.25, -0.2) is 0 Å². The summed E-state index contributed by atoms with van der Waals surface area (Å²) in [5, 5.41) is 3.02. The maximum Gasteiger partial charge on any atom is 0.239 e. The number of nitrogens with zero attached hydrogens (tertiary/aromatic N) is 2. The van der Waals surface area contributed by atoms with Crippen LogP contribution in [-0.2, 0) is 4.79 Å². The lowest BCUT2D eigenvalue weighted by molar-refractivity contribution is -0.133. The summed E-state index contributed by atoms with van der Waals surface area (Å²) in [6, 6.07) is 6.34. The lowest BCUT2D eigenvalue weighted by Crippen LogP contribution is -2.53. The molecule has 1 heterocycles. The summed E-state index contributed by atoms with van der Waals surface area (Å²) in [4.78, 5) is 16.5. The number of aryl methyl sites for hydroxylation is 1. The van der Waals surface area contributed by atoms with Gasteiger partial charge in [-0.2, -0.15) is 0 Å². The van der Waals surface area contributed by atoms with Gasteiger partial charge in [0, 0.05) is 31.9 Å². The van der Waals surface area contributed by atoms with Crippen LogP contribution in [0.15, 0.2) is 18.2 Å². The van der Waals surface area contributed by atoms with Crippen LogP contribution in [0.4, 0.5) is 5.69 Å². The van der Waals surface area contributed by atoms with Gasteiger partial charge in [0.15, 0.2) is 0 Å². The molecule has 1 saturated heterocycles. The van der Waals surface area contributed by atoms with Crippen molar-refractivity contribution >= 4 is 11.6 Å². The molecule has 0 bridgehead atoms. The van der Waals surface area contributed by atoms with Gasteiger partial charge in [-0.3, -0.25) is 4.79 Å². The van der Waals surface area contributed by atoms with Crippen molar-refractivity contribution in [3.8, 4) is 0 Å². The highest BCUT2D eigenvalue weighted by Gasteiger charge is 2.24. The second-order valence-corrected chi connectivity index (χ2v) is 5.54. The third-order valence-electron chi connectivity index (χ3n) is 4.31. The highest BCUT2D eigenvalue weighted by molar-refractivity contribution is 5.81. The first-order chi connectivity index (χ1) is 9.54. The fraction of sp³-hybridized carbons (Fsp3) is 0.562. The SMILES string of the molecule is CNC(C)C(=O)N1CCN(c2cccc(C)c2C)CC1. The molecule has 0 saturated carbocycles. The van der Waals surface area contributed by atoms with E-state index in [1.807, 2.05) is 18.9 Å². The molecule has 4 nitrogen and oxygen atoms in total. The van der Waals surface area contributed by atoms with Crippen LogP contribution in [0.1, 0.15) is 18.1 Å². The molecular formula is C16H25N3O. The van der Waals surface area contributed by atoms with Crippen molar-refractivity contribution in [1.29, 1.82) is 0 Å². The molecule has 2 rings (SSSR count). The summed E-state index contributed by atoms with van der Waals surface area (Å²) in [7, 11) is 1.83. The van der Waals surface area contributed by atoms with E-state index in [0.717, 1.165) is 26.2 Å². The molecule has 4 heteroatoms. The summed E-state index contributed by atoms with van der Waals surface area (Å²) in [5.74, 6) is 0.202. The fourth-order valence-corrected chi connectivity index (χ4v) is 2.64. The molecule has 1 aromatic rings. The molecule has 20 heavy (non-hydrogen) atoms. The zero-order valence-corrected chi connectivity index (χ0v) is 12.9. The summed E-state index contributed by atoms with van der Waals surface area (Å²) >= 11 is 0. The second-order valence-electron chi connectivity index (χ2n) is 5.54. The molecule has 1 amide bonds. The Balaban J connectivity index is 2.01. The van der Waals surface area contributed by atoms with Crippen molar-refractivity contribution in [2.24, 2.45) is 0 Å². The molecule has 1 aliphatic rings. The number of hydrogen-bond donors (Lipinski definition) is 1. The molecule has 1 aromatic carbocycles. The van der Waals surface area contributed by atoms with Crippen molar-refractivity contribution < 1.29 is 4.79 Å². The van der Waals surface area contributed by atoms with Crippen molar-refractivity contribution in [3.63, 3.8) is 0 Å². The minimum atomic E-state index is -0.0951. The van der Waals surface area contributed by atoms with Crippen LogP contribution >= 0.6 is 0 Å². The Labute approximate surface area is 121 Å². The predicted molar refractivity (Wildman–Crippen MR) is 83.2 cm³/mol. The molecule has 1 aliphatic heterocycles. The van der Waals surface area contributed by atoms with E-state index in [1.54, 1.807) is 0 Å². The molecule has 0 aromatic heterocycles. The highest BCUT2D eigenvalue weighted by atomic mass is 16.2. The number of carbonyl (C=O) groups excluding carboxylic acids is 1. The lowest BCUT2D eigenvalue weighted by Gasteiger charge is -2.38. The molecule has 0 radical (unpaired) electrons. The topological polar surface area (TPSA) is 35.6 Å². The first kappa shape index (κ1) is 14.9. The van der Waals surface area contributed by atoms with Gasteiger partial charge in [-0.15, -0.1) is 0 Å². The summed E-state index contributed by atoms with van der Waals surface area (Å²) in [6.45, 7) is 9.66. The van der Waals surface area contributed by atoms with Gasteiger partial charge in [0.1, 0.15) is 0 Å². The average molecular weight is 275 g/mol. The van der Waals surface area contributed by atoms with E-state index in [1.165, 1.54) is 16.8 Å². The summed E-state index contributed by atoms with van der Waals surface area (Å²) in [6.07, 6.45) is 0. The molecule has 1 N–H and O–H groups in total. The number of piperazine rings is 1. The number of carbonyl (C=O) groups is 1. The molecule has 0 spiro atoms. The Kier molecular flexibility index (Phi) is 4.65. The maximum absolute atomic E-state index is 12.1. The number of benzene rings is 1. The zero-order valence-electron chi connectivity index (χ0n) is 12.9. The highest BCUT2D eigenvalue weighted by Crippen LogP contribution is 2.23. The number of amides is 1. The Morgan fingerprint density at radius 1 is 1.20 bits per heavy atom. The molecule has 1 unspecified atom stereocenters. The van der Waals surface area contributed by atoms with Crippen molar-refractivity contribution in [3.05, 3.63) is 29.3 Å². The Bertz CT molecular complexity index is 479. The minimum absolute atomic E-state index is 0.0951. The fourth-order valence-electron chi connectivity index (χ4n) is 2.64. The van der Waals surface area contributed by atoms with E-state index >= 15 is 0 Å². The Hall–Kier alpha value is -1.55. The maximum atomic E-state index is 12.1. The standard InChI is InChI=1S/C16H25N3O/c1-12-6-5-7-15(13(12)2)18-8-10-19(11-9-18)16(20)14(3)17-4/h5-7,14,17H,8-11H2,1-4H3. The van der Waals surface area contributed by atoms with Crippen LogP contribution in [0.2, 0.25) is 0 Å². The number of anilines is 1. The van der Waals surface area contributed by atoms with E-state index in [0.29, 0.717) is 0 Å². The monoisotopic (exact) mass is 275 g/mol. The van der Waals surface area contributed by atoms with Gasteiger partial charge in [-0.1, -0.05) is 12.1 Å². The average Bonchev–Trinajstić information content (AvgIpc) is 2.48. The molecule has 110 valence electrons. The summed E-state index contributed by atoms with van der Waals surface area (Å²) in [5.41, 5.74) is 3.97. The van der Waals surface area contributed by atoms with Crippen molar-refractivity contribution in [2.75, 3.05) is 38.1 Å². The van der Waals surface area contributed by atoms with E-state index < -0.39 is 0 Å². The first-order valence-electron chi connectivity index (χ1n) is 7.31. The summed E-state index contributed by atoms with van der Waals surface area (Å²) < 4.78 is 0. The number of likely N-dealkylation sites (N-methyl/N-ethyl adjacent to an activating group) is 1. The van der Waals surface area contributed by atoms with Gasteiger partial charge >= 0.3 is 0 Å². The second kappa shape index (κ2) is 6.27. The molecule has 0 aliphatic carbocycles. The molecular weight excluding hydrogens is 250 g/mol. The quantitative estimate of drug-likeness (QED) is 0.909. The minimum Gasteiger partial charge on any atom is -0.368 e.